The molecule has 1 N–H and O–H groups in total. The number of halogens is 1. The van der Waals surface area contributed by atoms with Gasteiger partial charge in [0.05, 0.1) is 0 Å². The van der Waals surface area contributed by atoms with Crippen LogP contribution in [0.2, 0.25) is 0 Å². The van der Waals surface area contributed by atoms with Gasteiger partial charge in [0.1, 0.15) is 23.3 Å². The van der Waals surface area contributed by atoms with Gasteiger partial charge < -0.3 is 10.2 Å². The zero-order valence-corrected chi connectivity index (χ0v) is 11.4. The van der Waals surface area contributed by atoms with Crippen LogP contribution in [0.25, 0.3) is 0 Å². The molecule has 0 radical (unpaired) electrons. The van der Waals surface area contributed by atoms with Gasteiger partial charge in [-0.3, -0.25) is 0 Å². The van der Waals surface area contributed by atoms with Crippen molar-refractivity contribution in [1.29, 1.82) is 0 Å². The number of hydrogen-bond donors (Lipinski definition) is 1. The molecule has 0 atom stereocenters. The summed E-state index contributed by atoms with van der Waals surface area (Å²) in [6.45, 7) is 3.98. The smallest absolute Gasteiger partial charge is 0.136 e. The van der Waals surface area contributed by atoms with Crippen LogP contribution in [0, 0.1) is 12.7 Å². The fraction of sp³-hybridized carbons (Fsp3) is 0.333. The molecular weight excluding hydrogens is 255 g/mol. The van der Waals surface area contributed by atoms with E-state index in [4.69, 9.17) is 0 Å². The van der Waals surface area contributed by atoms with Crippen LogP contribution in [0.3, 0.4) is 0 Å². The quantitative estimate of drug-likeness (QED) is 0.931. The second kappa shape index (κ2) is 5.45. The maximum Gasteiger partial charge on any atom is 0.136 e. The first-order valence-corrected chi connectivity index (χ1v) is 6.84. The molecular formula is C15H17FN4. The Morgan fingerprint density at radius 3 is 2.50 bits per heavy atom. The van der Waals surface area contributed by atoms with Crippen molar-refractivity contribution in [3.8, 4) is 0 Å². The van der Waals surface area contributed by atoms with Crippen LogP contribution in [0.15, 0.2) is 30.3 Å². The highest BCUT2D eigenvalue weighted by molar-refractivity contribution is 5.59. The molecule has 0 saturated carbocycles. The minimum absolute atomic E-state index is 0.243. The van der Waals surface area contributed by atoms with E-state index in [2.05, 4.69) is 20.2 Å². The minimum atomic E-state index is -0.243. The lowest BCUT2D eigenvalue weighted by Gasteiger charge is -2.17. The topological polar surface area (TPSA) is 41.1 Å². The van der Waals surface area contributed by atoms with Crippen LogP contribution in [0.4, 0.5) is 21.7 Å². The molecule has 0 amide bonds. The number of rotatable bonds is 3. The average Bonchev–Trinajstić information content (AvgIpc) is 2.95. The Labute approximate surface area is 117 Å². The number of aryl methyl sites for hydroxylation is 1. The van der Waals surface area contributed by atoms with E-state index < -0.39 is 0 Å². The van der Waals surface area contributed by atoms with Crippen LogP contribution in [-0.4, -0.2) is 23.1 Å². The van der Waals surface area contributed by atoms with Crippen molar-refractivity contribution in [1.82, 2.24) is 9.97 Å². The monoisotopic (exact) mass is 272 g/mol. The van der Waals surface area contributed by atoms with Crippen molar-refractivity contribution in [2.24, 2.45) is 0 Å². The summed E-state index contributed by atoms with van der Waals surface area (Å²) in [6.07, 6.45) is 2.42. The molecule has 2 aromatic rings. The van der Waals surface area contributed by atoms with Gasteiger partial charge in [0.25, 0.3) is 0 Å². The fourth-order valence-electron chi connectivity index (χ4n) is 2.41. The van der Waals surface area contributed by atoms with Gasteiger partial charge >= 0.3 is 0 Å². The van der Waals surface area contributed by atoms with Crippen molar-refractivity contribution in [2.45, 2.75) is 19.8 Å². The van der Waals surface area contributed by atoms with E-state index in [0.29, 0.717) is 0 Å². The standard InChI is InChI=1S/C15H17FN4/c1-11-17-14(19-13-6-4-12(16)5-7-13)10-15(18-11)20-8-2-3-9-20/h4-7,10H,2-3,8-9H2,1H3,(H,17,18,19). The Kier molecular flexibility index (Phi) is 3.50. The number of anilines is 3. The highest BCUT2D eigenvalue weighted by Gasteiger charge is 2.15. The summed E-state index contributed by atoms with van der Waals surface area (Å²) in [5.41, 5.74) is 0.817. The Hall–Kier alpha value is -2.17. The first-order valence-electron chi connectivity index (χ1n) is 6.84. The first kappa shape index (κ1) is 12.8. The van der Waals surface area contributed by atoms with E-state index in [9.17, 15) is 4.39 Å². The predicted molar refractivity (Wildman–Crippen MR) is 77.9 cm³/mol. The Morgan fingerprint density at radius 2 is 1.80 bits per heavy atom. The van der Waals surface area contributed by atoms with Crippen molar-refractivity contribution in [3.05, 3.63) is 42.0 Å². The maximum absolute atomic E-state index is 12.9. The first-order chi connectivity index (χ1) is 9.70. The second-order valence-electron chi connectivity index (χ2n) is 4.98. The molecule has 104 valence electrons. The molecule has 1 aromatic heterocycles. The fourth-order valence-corrected chi connectivity index (χ4v) is 2.41. The van der Waals surface area contributed by atoms with Crippen LogP contribution in [0.5, 0.6) is 0 Å². The van der Waals surface area contributed by atoms with E-state index in [1.54, 1.807) is 12.1 Å². The number of aromatic nitrogens is 2. The normalized spacial score (nSPS) is 14.6. The second-order valence-corrected chi connectivity index (χ2v) is 4.98. The lowest BCUT2D eigenvalue weighted by atomic mass is 10.3. The van der Waals surface area contributed by atoms with Crippen molar-refractivity contribution >= 4 is 17.3 Å². The molecule has 1 aromatic carbocycles. The molecule has 4 nitrogen and oxygen atoms in total. The van der Waals surface area contributed by atoms with E-state index >= 15 is 0 Å². The summed E-state index contributed by atoms with van der Waals surface area (Å²) >= 11 is 0. The molecule has 0 spiro atoms. The number of nitrogens with one attached hydrogen (secondary N) is 1. The maximum atomic E-state index is 12.9. The Morgan fingerprint density at radius 1 is 1.10 bits per heavy atom. The lowest BCUT2D eigenvalue weighted by Crippen LogP contribution is -2.19. The van der Waals surface area contributed by atoms with Gasteiger partial charge in [-0.05, 0) is 44.0 Å². The van der Waals surface area contributed by atoms with Gasteiger partial charge in [-0.25, -0.2) is 14.4 Å². The molecule has 0 unspecified atom stereocenters. The molecule has 20 heavy (non-hydrogen) atoms. The van der Waals surface area contributed by atoms with Crippen LogP contribution < -0.4 is 10.2 Å². The van der Waals surface area contributed by atoms with Crippen LogP contribution in [-0.2, 0) is 0 Å². The van der Waals surface area contributed by atoms with Gasteiger partial charge in [-0.1, -0.05) is 0 Å². The highest BCUT2D eigenvalue weighted by atomic mass is 19.1. The van der Waals surface area contributed by atoms with Gasteiger partial charge in [-0.2, -0.15) is 0 Å². The van der Waals surface area contributed by atoms with Gasteiger partial charge in [0.2, 0.25) is 0 Å². The Bertz CT molecular complexity index is 591. The third-order valence-electron chi connectivity index (χ3n) is 3.37. The van der Waals surface area contributed by atoms with Crippen molar-refractivity contribution in [2.75, 3.05) is 23.3 Å². The Balaban J connectivity index is 1.83. The third-order valence-corrected chi connectivity index (χ3v) is 3.37. The SMILES string of the molecule is Cc1nc(Nc2ccc(F)cc2)cc(N2CCCC2)n1. The number of nitrogens with zero attached hydrogens (tertiary/aromatic N) is 3. The molecule has 0 aliphatic carbocycles. The molecule has 5 heteroatoms. The van der Waals surface area contributed by atoms with E-state index in [-0.39, 0.29) is 5.82 Å². The highest BCUT2D eigenvalue weighted by Crippen LogP contribution is 2.22. The largest absolute Gasteiger partial charge is 0.356 e. The predicted octanol–water partition coefficient (Wildman–Crippen LogP) is 3.27. The molecule has 3 rings (SSSR count). The van der Waals surface area contributed by atoms with Crippen LogP contribution in [0.1, 0.15) is 18.7 Å². The molecule has 1 saturated heterocycles. The summed E-state index contributed by atoms with van der Waals surface area (Å²) in [4.78, 5) is 11.1. The summed E-state index contributed by atoms with van der Waals surface area (Å²) in [6, 6.07) is 8.20. The minimum Gasteiger partial charge on any atom is -0.356 e. The number of benzene rings is 1. The average molecular weight is 272 g/mol. The molecule has 1 aliphatic rings. The number of hydrogen-bond acceptors (Lipinski definition) is 4. The van der Waals surface area contributed by atoms with Crippen molar-refractivity contribution < 1.29 is 4.39 Å². The van der Waals surface area contributed by atoms with Gasteiger partial charge in [-0.15, -0.1) is 0 Å². The zero-order valence-electron chi connectivity index (χ0n) is 11.4. The summed E-state index contributed by atoms with van der Waals surface area (Å²) < 4.78 is 12.9. The molecule has 2 heterocycles. The van der Waals surface area contributed by atoms with Crippen LogP contribution >= 0.6 is 0 Å². The van der Waals surface area contributed by atoms with Gasteiger partial charge in [0.15, 0.2) is 0 Å². The molecule has 1 fully saturated rings. The zero-order chi connectivity index (χ0) is 13.9. The van der Waals surface area contributed by atoms with E-state index in [0.717, 1.165) is 36.2 Å². The van der Waals surface area contributed by atoms with E-state index in [1.165, 1.54) is 25.0 Å². The summed E-state index contributed by atoms with van der Waals surface area (Å²) in [5, 5.41) is 3.19. The molecule has 0 bridgehead atoms. The summed E-state index contributed by atoms with van der Waals surface area (Å²) in [7, 11) is 0. The van der Waals surface area contributed by atoms with Gasteiger partial charge in [0, 0.05) is 24.8 Å². The summed E-state index contributed by atoms with van der Waals surface area (Å²) in [5.74, 6) is 2.19. The van der Waals surface area contributed by atoms with Crippen molar-refractivity contribution in [3.63, 3.8) is 0 Å². The lowest BCUT2D eigenvalue weighted by molar-refractivity contribution is 0.628. The van der Waals surface area contributed by atoms with E-state index in [1.807, 2.05) is 13.0 Å². The third kappa shape index (κ3) is 2.87. The molecule has 1 aliphatic heterocycles.